The summed E-state index contributed by atoms with van der Waals surface area (Å²) in [5.41, 5.74) is 2.48. The molecule has 1 aromatic carbocycles. The van der Waals surface area contributed by atoms with E-state index in [-0.39, 0.29) is 23.0 Å². The van der Waals surface area contributed by atoms with Gasteiger partial charge in [-0.15, -0.1) is 11.3 Å². The molecule has 0 aliphatic heterocycles. The molecule has 2 aromatic heterocycles. The van der Waals surface area contributed by atoms with E-state index in [1.807, 2.05) is 6.92 Å². The number of hydrogen-bond donors (Lipinski definition) is 2. The molecule has 150 valence electrons. The molecule has 2 N–H and O–H groups in total. The lowest BCUT2D eigenvalue weighted by atomic mass is 10.2. The number of hydrogen-bond acceptors (Lipinski definition) is 6. The Hall–Kier alpha value is -2.58. The minimum atomic E-state index is -0.231. The Morgan fingerprint density at radius 3 is 3.00 bits per heavy atom. The normalized spacial score (nSPS) is 12.9. The molecule has 8 heteroatoms. The zero-order valence-corrected chi connectivity index (χ0v) is 17.7. The molecule has 0 fully saturated rings. The predicted molar refractivity (Wildman–Crippen MR) is 118 cm³/mol. The number of aromatic nitrogens is 2. The number of aromatic hydroxyl groups is 1. The summed E-state index contributed by atoms with van der Waals surface area (Å²) < 4.78 is 1.63. The van der Waals surface area contributed by atoms with Crippen molar-refractivity contribution in [2.75, 3.05) is 11.1 Å². The first-order valence-electron chi connectivity index (χ1n) is 9.33. The van der Waals surface area contributed by atoms with Gasteiger partial charge in [-0.2, -0.15) is 0 Å². The summed E-state index contributed by atoms with van der Waals surface area (Å²) in [7, 11) is 0. The lowest BCUT2D eigenvalue weighted by molar-refractivity contribution is -0.113. The van der Waals surface area contributed by atoms with Crippen molar-refractivity contribution in [3.8, 4) is 5.75 Å². The quantitative estimate of drug-likeness (QED) is 0.353. The van der Waals surface area contributed by atoms with Crippen LogP contribution in [0, 0.1) is 0 Å². The van der Waals surface area contributed by atoms with Crippen LogP contribution in [0.1, 0.15) is 23.8 Å². The van der Waals surface area contributed by atoms with Crippen LogP contribution >= 0.6 is 23.1 Å². The fourth-order valence-corrected chi connectivity index (χ4v) is 5.59. The van der Waals surface area contributed by atoms with E-state index >= 15 is 0 Å². The molecular weight excluding hydrogens is 406 g/mol. The number of fused-ring (bicyclic) bond motifs is 3. The maximum Gasteiger partial charge on any atom is 0.263 e. The predicted octanol–water partition coefficient (Wildman–Crippen LogP) is 3.96. The molecule has 0 spiro atoms. The average Bonchev–Trinajstić information content (AvgIpc) is 3.23. The monoisotopic (exact) mass is 427 g/mol. The number of carbonyl (C=O) groups is 1. The molecule has 6 nitrogen and oxygen atoms in total. The SMILES string of the molecule is C=C(C)Cn1c(SCC(=O)Nc2cccc(O)c2)nc2sc3c(c2c1=O)CCC3. The number of aryl methyl sites for hydroxylation is 2. The Balaban J connectivity index is 1.61. The number of nitrogens with zero attached hydrogens (tertiary/aromatic N) is 2. The van der Waals surface area contributed by atoms with E-state index in [0.29, 0.717) is 17.4 Å². The summed E-state index contributed by atoms with van der Waals surface area (Å²) in [5.74, 6) is -0.0383. The second-order valence-corrected chi connectivity index (χ2v) is 9.19. The van der Waals surface area contributed by atoms with Crippen LogP contribution in [0.5, 0.6) is 5.75 Å². The summed E-state index contributed by atoms with van der Waals surface area (Å²) in [4.78, 5) is 32.3. The Kier molecular flexibility index (Phi) is 5.47. The number of carbonyl (C=O) groups excluding carboxylic acids is 1. The summed E-state index contributed by atoms with van der Waals surface area (Å²) >= 11 is 2.83. The van der Waals surface area contributed by atoms with Crippen LogP contribution in [-0.2, 0) is 24.2 Å². The van der Waals surface area contributed by atoms with Gasteiger partial charge in [0.2, 0.25) is 5.91 Å². The zero-order valence-electron chi connectivity index (χ0n) is 16.0. The molecule has 1 aliphatic rings. The van der Waals surface area contributed by atoms with Gasteiger partial charge in [-0.05, 0) is 43.9 Å². The first kappa shape index (κ1) is 19.7. The van der Waals surface area contributed by atoms with Crippen LogP contribution in [0.4, 0.5) is 5.69 Å². The van der Waals surface area contributed by atoms with Gasteiger partial charge in [0.25, 0.3) is 5.56 Å². The van der Waals surface area contributed by atoms with E-state index in [2.05, 4.69) is 11.9 Å². The number of phenolic OH excluding ortho intramolecular Hbond substituents is 1. The minimum Gasteiger partial charge on any atom is -0.508 e. The standard InChI is InChI=1S/C21H21N3O3S2/c1-12(2)10-24-20(27)18-15-7-4-8-16(15)29-19(18)23-21(24)28-11-17(26)22-13-5-3-6-14(25)9-13/h3,5-6,9,25H,1,4,7-8,10-11H2,2H3,(H,22,26). The molecule has 0 saturated carbocycles. The second-order valence-electron chi connectivity index (χ2n) is 7.17. The lowest BCUT2D eigenvalue weighted by Gasteiger charge is -2.12. The number of anilines is 1. The second kappa shape index (κ2) is 8.04. The maximum absolute atomic E-state index is 13.2. The molecule has 1 aliphatic carbocycles. The Bertz CT molecular complexity index is 1180. The molecule has 0 bridgehead atoms. The number of rotatable bonds is 6. The highest BCUT2D eigenvalue weighted by molar-refractivity contribution is 7.99. The van der Waals surface area contributed by atoms with E-state index in [9.17, 15) is 14.7 Å². The van der Waals surface area contributed by atoms with Gasteiger partial charge in [0.1, 0.15) is 10.6 Å². The third kappa shape index (κ3) is 4.09. The van der Waals surface area contributed by atoms with Crippen LogP contribution < -0.4 is 10.9 Å². The number of thioether (sulfide) groups is 1. The van der Waals surface area contributed by atoms with Crippen molar-refractivity contribution < 1.29 is 9.90 Å². The first-order valence-corrected chi connectivity index (χ1v) is 11.1. The number of benzene rings is 1. The van der Waals surface area contributed by atoms with E-state index in [1.165, 1.54) is 28.8 Å². The molecule has 0 radical (unpaired) electrons. The molecule has 29 heavy (non-hydrogen) atoms. The van der Waals surface area contributed by atoms with Crippen molar-refractivity contribution in [1.29, 1.82) is 0 Å². The highest BCUT2D eigenvalue weighted by atomic mass is 32.2. The van der Waals surface area contributed by atoms with Crippen molar-refractivity contribution >= 4 is 44.9 Å². The van der Waals surface area contributed by atoms with Crippen molar-refractivity contribution in [2.24, 2.45) is 0 Å². The lowest BCUT2D eigenvalue weighted by Crippen LogP contribution is -2.24. The first-order chi connectivity index (χ1) is 13.9. The third-order valence-electron chi connectivity index (χ3n) is 4.68. The minimum absolute atomic E-state index is 0.0479. The van der Waals surface area contributed by atoms with Crippen molar-refractivity contribution in [3.63, 3.8) is 0 Å². The van der Waals surface area contributed by atoms with Crippen molar-refractivity contribution in [2.45, 2.75) is 37.9 Å². The Morgan fingerprint density at radius 2 is 2.24 bits per heavy atom. The number of phenols is 1. The molecule has 4 rings (SSSR count). The fraction of sp³-hybridized carbons (Fsp3) is 0.286. The molecule has 2 heterocycles. The summed E-state index contributed by atoms with van der Waals surface area (Å²) in [6.07, 6.45) is 3.02. The van der Waals surface area contributed by atoms with Crippen molar-refractivity contribution in [1.82, 2.24) is 9.55 Å². The van der Waals surface area contributed by atoms with Crippen LogP contribution in [-0.4, -0.2) is 26.3 Å². The number of allylic oxidation sites excluding steroid dienone is 1. The smallest absolute Gasteiger partial charge is 0.263 e. The number of amides is 1. The van der Waals surface area contributed by atoms with E-state index < -0.39 is 0 Å². The molecule has 0 atom stereocenters. The molecule has 1 amide bonds. The van der Waals surface area contributed by atoms with Gasteiger partial charge in [0.15, 0.2) is 5.16 Å². The maximum atomic E-state index is 13.2. The molecular formula is C21H21N3O3S2. The van der Waals surface area contributed by atoms with Gasteiger partial charge < -0.3 is 10.4 Å². The van der Waals surface area contributed by atoms with Crippen LogP contribution in [0.3, 0.4) is 0 Å². The summed E-state index contributed by atoms with van der Waals surface area (Å²) in [6, 6.07) is 6.39. The average molecular weight is 428 g/mol. The van der Waals surface area contributed by atoms with Gasteiger partial charge in [0.05, 0.1) is 11.1 Å². The third-order valence-corrected chi connectivity index (χ3v) is 6.84. The fourth-order valence-electron chi connectivity index (χ4n) is 3.49. The highest BCUT2D eigenvalue weighted by Crippen LogP contribution is 2.35. The number of nitrogens with one attached hydrogen (secondary N) is 1. The van der Waals surface area contributed by atoms with Gasteiger partial charge in [-0.1, -0.05) is 30.0 Å². The van der Waals surface area contributed by atoms with Gasteiger partial charge in [-0.25, -0.2) is 4.98 Å². The van der Waals surface area contributed by atoms with E-state index in [1.54, 1.807) is 28.0 Å². The zero-order chi connectivity index (χ0) is 20.5. The topological polar surface area (TPSA) is 84.2 Å². The number of thiophene rings is 1. The largest absolute Gasteiger partial charge is 0.508 e. The van der Waals surface area contributed by atoms with Gasteiger partial charge in [0, 0.05) is 23.2 Å². The molecule has 3 aromatic rings. The Morgan fingerprint density at radius 1 is 1.41 bits per heavy atom. The molecule has 0 saturated heterocycles. The van der Waals surface area contributed by atoms with Crippen LogP contribution in [0.25, 0.3) is 10.2 Å². The van der Waals surface area contributed by atoms with Crippen LogP contribution in [0.2, 0.25) is 0 Å². The summed E-state index contributed by atoms with van der Waals surface area (Å²) in [5, 5.41) is 13.5. The summed E-state index contributed by atoms with van der Waals surface area (Å²) in [6.45, 7) is 6.19. The van der Waals surface area contributed by atoms with Gasteiger partial charge in [-0.3, -0.25) is 14.2 Å². The van der Waals surface area contributed by atoms with E-state index in [0.717, 1.165) is 40.6 Å². The van der Waals surface area contributed by atoms with Crippen molar-refractivity contribution in [3.05, 3.63) is 57.2 Å². The highest BCUT2D eigenvalue weighted by Gasteiger charge is 2.23. The Labute approximate surface area is 176 Å². The van der Waals surface area contributed by atoms with Gasteiger partial charge >= 0.3 is 0 Å². The molecule has 0 unspecified atom stereocenters. The van der Waals surface area contributed by atoms with E-state index in [4.69, 9.17) is 4.98 Å². The van der Waals surface area contributed by atoms with Crippen LogP contribution in [0.15, 0.2) is 46.4 Å².